The third-order valence-electron chi connectivity index (χ3n) is 6.00. The quantitative estimate of drug-likeness (QED) is 0.507. The van der Waals surface area contributed by atoms with Crippen LogP contribution in [0, 0.1) is 0 Å². The summed E-state index contributed by atoms with van der Waals surface area (Å²) in [7, 11) is 1.72. The van der Waals surface area contributed by atoms with E-state index in [2.05, 4.69) is 31.4 Å². The maximum Gasteiger partial charge on any atom is 0.358 e. The van der Waals surface area contributed by atoms with Crippen molar-refractivity contribution < 1.29 is 18.7 Å². The highest BCUT2D eigenvalue weighted by molar-refractivity contribution is 5.91. The van der Waals surface area contributed by atoms with Gasteiger partial charge in [0.1, 0.15) is 18.5 Å². The summed E-state index contributed by atoms with van der Waals surface area (Å²) in [6.07, 6.45) is 8.25. The average molecular weight is 469 g/mol. The van der Waals surface area contributed by atoms with E-state index >= 15 is 0 Å². The predicted octanol–water partition coefficient (Wildman–Crippen LogP) is 2.37. The Morgan fingerprint density at radius 3 is 2.94 bits per heavy atom. The number of hydrogen-bond donors (Lipinski definition) is 1. The fourth-order valence-electron chi connectivity index (χ4n) is 4.26. The van der Waals surface area contributed by atoms with Crippen LogP contribution in [0.15, 0.2) is 24.6 Å². The maximum atomic E-state index is 13.8. The number of rotatable bonds is 8. The van der Waals surface area contributed by atoms with Crippen molar-refractivity contribution in [2.24, 2.45) is 7.05 Å². The molecular weight excluding hydrogens is 439 g/mol. The number of aromatic nitrogens is 5. The first kappa shape index (κ1) is 23.5. The first-order valence-electron chi connectivity index (χ1n) is 11.4. The summed E-state index contributed by atoms with van der Waals surface area (Å²) in [6, 6.07) is 0.0286. The number of hydrogen-bond acceptors (Lipinski definition) is 7. The molecule has 0 saturated carbocycles. The number of fused-ring (bicyclic) bond motifs is 1. The molecule has 0 amide bonds. The van der Waals surface area contributed by atoms with E-state index in [0.29, 0.717) is 28.6 Å². The van der Waals surface area contributed by atoms with Gasteiger partial charge in [-0.2, -0.15) is 0 Å². The molecule has 1 aliphatic rings. The molecule has 180 valence electrons. The van der Waals surface area contributed by atoms with Crippen molar-refractivity contribution in [1.82, 2.24) is 24.5 Å². The normalized spacial score (nSPS) is 17.1. The Morgan fingerprint density at radius 2 is 2.18 bits per heavy atom. The van der Waals surface area contributed by atoms with Gasteiger partial charge in [0, 0.05) is 18.8 Å². The minimum atomic E-state index is -0.511. The van der Waals surface area contributed by atoms with Crippen molar-refractivity contribution in [3.63, 3.8) is 0 Å². The number of carbonyl (C=O) groups excluding carboxylic acids is 1. The van der Waals surface area contributed by atoms with Crippen LogP contribution in [-0.4, -0.2) is 56.3 Å². The lowest BCUT2D eigenvalue weighted by Crippen LogP contribution is -2.36. The van der Waals surface area contributed by atoms with E-state index < -0.39 is 5.97 Å². The molecule has 4 rings (SSSR count). The largest absolute Gasteiger partial charge is 0.488 e. The molecule has 1 atom stereocenters. The van der Waals surface area contributed by atoms with Gasteiger partial charge in [0.05, 0.1) is 30.2 Å². The van der Waals surface area contributed by atoms with Crippen LogP contribution in [0.4, 0.5) is 10.2 Å². The Hall–Kier alpha value is -3.69. The summed E-state index contributed by atoms with van der Waals surface area (Å²) in [5.41, 5.74) is 1.64. The Morgan fingerprint density at radius 1 is 1.35 bits per heavy atom. The van der Waals surface area contributed by atoms with Gasteiger partial charge in [-0.3, -0.25) is 0 Å². The van der Waals surface area contributed by atoms with Gasteiger partial charge in [0.25, 0.3) is 0 Å². The zero-order valence-corrected chi connectivity index (χ0v) is 19.7. The second-order valence-corrected chi connectivity index (χ2v) is 8.05. The zero-order chi connectivity index (χ0) is 24.2. The first-order chi connectivity index (χ1) is 16.5. The second-order valence-electron chi connectivity index (χ2n) is 8.05. The molecule has 1 N–H and O–H groups in total. The van der Waals surface area contributed by atoms with Crippen LogP contribution in [0.1, 0.15) is 43.6 Å². The maximum absolute atomic E-state index is 13.8. The van der Waals surface area contributed by atoms with Crippen LogP contribution >= 0.6 is 0 Å². The van der Waals surface area contributed by atoms with Gasteiger partial charge in [-0.1, -0.05) is 13.5 Å². The van der Waals surface area contributed by atoms with Crippen LogP contribution in [0.5, 0.6) is 5.75 Å². The van der Waals surface area contributed by atoms with Crippen LogP contribution in [0.3, 0.4) is 0 Å². The molecule has 0 spiro atoms. The van der Waals surface area contributed by atoms with E-state index in [-0.39, 0.29) is 30.6 Å². The molecule has 1 unspecified atom stereocenters. The van der Waals surface area contributed by atoms with Crippen LogP contribution in [0.25, 0.3) is 23.8 Å². The van der Waals surface area contributed by atoms with Gasteiger partial charge in [-0.15, -0.1) is 0 Å². The number of imidazole rings is 1. The van der Waals surface area contributed by atoms with Gasteiger partial charge in [-0.25, -0.2) is 24.1 Å². The molecule has 0 bridgehead atoms. The number of H-pyrrole nitrogens is 1. The molecule has 10 heteroatoms. The highest BCUT2D eigenvalue weighted by Gasteiger charge is 2.30. The van der Waals surface area contributed by atoms with Crippen LogP contribution in [0.2, 0.25) is 0 Å². The molecule has 0 radical (unpaired) electrons. The lowest BCUT2D eigenvalue weighted by Gasteiger charge is -2.25. The van der Waals surface area contributed by atoms with E-state index in [4.69, 9.17) is 9.47 Å². The number of esters is 1. The van der Waals surface area contributed by atoms with Crippen LogP contribution < -0.4 is 20.2 Å². The van der Waals surface area contributed by atoms with Gasteiger partial charge >= 0.3 is 5.97 Å². The summed E-state index contributed by atoms with van der Waals surface area (Å²) in [5, 5.41) is 1.09. The standard InChI is InChI=1S/C24H29FN6O3/c1-5-16(25)9-10-18-15(3)21(20(30(18)4)24(32)33-6-2)34-12-17-8-7-11-31(17)23-19-22(27-13-26-19)28-14-29-23/h9-10,13-14,17H,3,5-8,11-12H2,1-2,4H3,(H,26,27,28,29). The number of allylic oxidation sites excluding steroid dienone is 2. The minimum Gasteiger partial charge on any atom is -0.488 e. The molecule has 34 heavy (non-hydrogen) atoms. The minimum absolute atomic E-state index is 0.0286. The number of anilines is 1. The first-order valence-corrected chi connectivity index (χ1v) is 11.4. The van der Waals surface area contributed by atoms with Crippen molar-refractivity contribution >= 4 is 35.6 Å². The number of carbonyl (C=O) groups is 1. The Balaban J connectivity index is 1.66. The van der Waals surface area contributed by atoms with E-state index in [9.17, 15) is 9.18 Å². The summed E-state index contributed by atoms with van der Waals surface area (Å²) in [5.74, 6) is 0.343. The topological polar surface area (TPSA) is 98.2 Å². The molecule has 1 fully saturated rings. The molecular formula is C24H29FN6O3. The molecule has 3 aromatic rings. The van der Waals surface area contributed by atoms with Crippen LogP contribution in [-0.2, 0) is 11.8 Å². The fraction of sp³-hybridized carbons (Fsp3) is 0.417. The van der Waals surface area contributed by atoms with E-state index in [1.165, 1.54) is 12.4 Å². The molecule has 3 aromatic heterocycles. The van der Waals surface area contributed by atoms with Gasteiger partial charge in [-0.05, 0) is 38.3 Å². The average Bonchev–Trinajstić information content (AvgIpc) is 3.54. The van der Waals surface area contributed by atoms with Crippen molar-refractivity contribution in [2.45, 2.75) is 39.2 Å². The third-order valence-corrected chi connectivity index (χ3v) is 6.00. The lowest BCUT2D eigenvalue weighted by atomic mass is 10.2. The number of halogens is 1. The Labute approximate surface area is 196 Å². The molecule has 0 aliphatic carbocycles. The highest BCUT2D eigenvalue weighted by atomic mass is 19.1. The number of aromatic amines is 1. The zero-order valence-electron chi connectivity index (χ0n) is 19.7. The van der Waals surface area contributed by atoms with Gasteiger partial charge in [0.2, 0.25) is 0 Å². The van der Waals surface area contributed by atoms with E-state index in [0.717, 1.165) is 30.7 Å². The molecule has 4 heterocycles. The number of nitrogens with one attached hydrogen (secondary N) is 1. The molecule has 0 aromatic carbocycles. The molecule has 1 saturated heterocycles. The smallest absolute Gasteiger partial charge is 0.358 e. The summed E-state index contributed by atoms with van der Waals surface area (Å²) in [6.45, 7) is 8.95. The monoisotopic (exact) mass is 468 g/mol. The van der Waals surface area contributed by atoms with Crippen molar-refractivity contribution in [1.29, 1.82) is 0 Å². The van der Waals surface area contributed by atoms with Gasteiger partial charge < -0.3 is 23.9 Å². The number of ether oxygens (including phenoxy) is 2. The summed E-state index contributed by atoms with van der Waals surface area (Å²) >= 11 is 0. The highest BCUT2D eigenvalue weighted by Crippen LogP contribution is 2.28. The lowest BCUT2D eigenvalue weighted by molar-refractivity contribution is 0.0509. The molecule has 1 aliphatic heterocycles. The third kappa shape index (κ3) is 4.40. The van der Waals surface area contributed by atoms with Gasteiger partial charge in [0.15, 0.2) is 22.9 Å². The predicted molar refractivity (Wildman–Crippen MR) is 128 cm³/mol. The second kappa shape index (κ2) is 10.1. The molecule has 9 nitrogen and oxygen atoms in total. The van der Waals surface area contributed by atoms with Crippen molar-refractivity contribution in [3.05, 3.63) is 40.8 Å². The van der Waals surface area contributed by atoms with E-state index in [1.807, 2.05) is 0 Å². The van der Waals surface area contributed by atoms with Crippen molar-refractivity contribution in [2.75, 3.05) is 24.7 Å². The Bertz CT molecular complexity index is 1330. The van der Waals surface area contributed by atoms with E-state index in [1.54, 1.807) is 37.9 Å². The fourth-order valence-corrected chi connectivity index (χ4v) is 4.26. The SMILES string of the molecule is C=c1c(OCC2CCCN2c2ncnc3nc[nH]c23)c(C(=O)OCC)n(C)c1=CC=C(F)CC. The number of nitrogens with zero attached hydrogens (tertiary/aromatic N) is 5. The summed E-state index contributed by atoms with van der Waals surface area (Å²) < 4.78 is 26.9. The Kier molecular flexibility index (Phi) is 6.95. The van der Waals surface area contributed by atoms with Crippen molar-refractivity contribution in [3.8, 4) is 5.75 Å². The summed E-state index contributed by atoms with van der Waals surface area (Å²) in [4.78, 5) is 30.9.